The fourth-order valence-corrected chi connectivity index (χ4v) is 5.24. The van der Waals surface area contributed by atoms with Crippen molar-refractivity contribution in [1.29, 1.82) is 0 Å². The molecule has 0 unspecified atom stereocenters. The van der Waals surface area contributed by atoms with Gasteiger partial charge in [0.2, 0.25) is 5.91 Å². The van der Waals surface area contributed by atoms with Crippen LogP contribution in [-0.4, -0.2) is 48.2 Å². The topological polar surface area (TPSA) is 108 Å². The minimum atomic E-state index is -1.29. The van der Waals surface area contributed by atoms with E-state index < -0.39 is 41.9 Å². The molecule has 8 heteroatoms. The van der Waals surface area contributed by atoms with Gasteiger partial charge in [0.05, 0.1) is 6.42 Å². The summed E-state index contributed by atoms with van der Waals surface area (Å²) in [4.78, 5) is 50.8. The summed E-state index contributed by atoms with van der Waals surface area (Å²) >= 11 is 0. The molecule has 1 fully saturated rings. The third-order valence-corrected chi connectivity index (χ3v) is 6.92. The van der Waals surface area contributed by atoms with Crippen molar-refractivity contribution in [3.05, 3.63) is 59.7 Å². The standard InChI is InChI=1S/C31H37NO7/c1-31(2,3)39-29(35)18-27(33)32-26(17-28(34)38-20-11-5-4-6-12-20)30(36)37-19-25-23-15-9-7-13-21(23)22-14-8-10-16-24(22)25/h7-10,13-16,20,25-26H,4-6,11-12,17-19H2,1-3H3,(H,32,33)/t26-/m0/s1. The van der Waals surface area contributed by atoms with Gasteiger partial charge < -0.3 is 19.5 Å². The van der Waals surface area contributed by atoms with Gasteiger partial charge in [-0.2, -0.15) is 0 Å². The Morgan fingerprint density at radius 1 is 0.872 bits per heavy atom. The highest BCUT2D eigenvalue weighted by Gasteiger charge is 2.33. The number of ether oxygens (including phenoxy) is 3. The van der Waals surface area contributed by atoms with Crippen LogP contribution in [0.2, 0.25) is 0 Å². The predicted molar refractivity (Wildman–Crippen MR) is 145 cm³/mol. The lowest BCUT2D eigenvalue weighted by Gasteiger charge is -2.24. The molecule has 0 radical (unpaired) electrons. The molecular weight excluding hydrogens is 498 g/mol. The average molecular weight is 536 g/mol. The fourth-order valence-electron chi connectivity index (χ4n) is 5.24. The summed E-state index contributed by atoms with van der Waals surface area (Å²) in [5.41, 5.74) is 3.52. The van der Waals surface area contributed by atoms with Crippen molar-refractivity contribution in [3.8, 4) is 11.1 Å². The first kappa shape index (κ1) is 28.3. The van der Waals surface area contributed by atoms with Gasteiger partial charge in [-0.25, -0.2) is 4.79 Å². The first-order chi connectivity index (χ1) is 18.6. The van der Waals surface area contributed by atoms with Gasteiger partial charge in [0.1, 0.15) is 30.8 Å². The van der Waals surface area contributed by atoms with Gasteiger partial charge in [-0.3, -0.25) is 14.4 Å². The van der Waals surface area contributed by atoms with Crippen LogP contribution in [0.3, 0.4) is 0 Å². The summed E-state index contributed by atoms with van der Waals surface area (Å²) in [6.45, 7) is 5.14. The molecule has 39 heavy (non-hydrogen) atoms. The lowest BCUT2D eigenvalue weighted by atomic mass is 9.98. The van der Waals surface area contributed by atoms with Gasteiger partial charge in [-0.1, -0.05) is 55.0 Å². The molecule has 2 aromatic rings. The largest absolute Gasteiger partial charge is 0.463 e. The van der Waals surface area contributed by atoms with E-state index in [1.54, 1.807) is 20.8 Å². The predicted octanol–water partition coefficient (Wildman–Crippen LogP) is 4.82. The quantitative estimate of drug-likeness (QED) is 0.278. The van der Waals surface area contributed by atoms with Crippen LogP contribution in [0.5, 0.6) is 0 Å². The van der Waals surface area contributed by atoms with Crippen molar-refractivity contribution in [2.75, 3.05) is 6.61 Å². The minimum Gasteiger partial charge on any atom is -0.463 e. The van der Waals surface area contributed by atoms with Gasteiger partial charge in [0, 0.05) is 5.92 Å². The second kappa shape index (κ2) is 12.5. The lowest BCUT2D eigenvalue weighted by molar-refractivity contribution is -0.159. The van der Waals surface area contributed by atoms with E-state index in [0.29, 0.717) is 0 Å². The summed E-state index contributed by atoms with van der Waals surface area (Å²) in [5, 5.41) is 2.50. The molecule has 0 heterocycles. The van der Waals surface area contributed by atoms with E-state index in [1.165, 1.54) is 0 Å². The molecule has 4 rings (SSSR count). The van der Waals surface area contributed by atoms with Crippen LogP contribution in [0.4, 0.5) is 0 Å². The van der Waals surface area contributed by atoms with Crippen molar-refractivity contribution in [2.24, 2.45) is 0 Å². The second-order valence-corrected chi connectivity index (χ2v) is 11.2. The highest BCUT2D eigenvalue weighted by atomic mass is 16.6. The molecule has 1 atom stereocenters. The molecular formula is C31H37NO7. The third-order valence-electron chi connectivity index (χ3n) is 6.92. The Labute approximate surface area is 229 Å². The first-order valence-corrected chi connectivity index (χ1v) is 13.7. The summed E-state index contributed by atoms with van der Waals surface area (Å²) in [6, 6.07) is 14.6. The number of carbonyl (C=O) groups excluding carboxylic acids is 4. The Morgan fingerprint density at radius 3 is 2.05 bits per heavy atom. The molecule has 2 aliphatic rings. The van der Waals surface area contributed by atoms with Gasteiger partial charge in [-0.15, -0.1) is 0 Å². The highest BCUT2D eigenvalue weighted by Crippen LogP contribution is 2.44. The Hall–Kier alpha value is -3.68. The highest BCUT2D eigenvalue weighted by molar-refractivity contribution is 5.97. The first-order valence-electron chi connectivity index (χ1n) is 13.7. The van der Waals surface area contributed by atoms with Crippen LogP contribution in [0, 0.1) is 0 Å². The SMILES string of the molecule is CC(C)(C)OC(=O)CC(=O)N[C@@H](CC(=O)OC1CCCCC1)C(=O)OCC1c2ccccc2-c2ccccc21. The van der Waals surface area contributed by atoms with Gasteiger partial charge in [0.25, 0.3) is 0 Å². The molecule has 208 valence electrons. The second-order valence-electron chi connectivity index (χ2n) is 11.2. The van der Waals surface area contributed by atoms with E-state index in [4.69, 9.17) is 14.2 Å². The molecule has 0 aliphatic heterocycles. The molecule has 0 bridgehead atoms. The number of amides is 1. The van der Waals surface area contributed by atoms with Crippen LogP contribution in [0.15, 0.2) is 48.5 Å². The van der Waals surface area contributed by atoms with Crippen LogP contribution >= 0.6 is 0 Å². The van der Waals surface area contributed by atoms with E-state index in [-0.39, 0.29) is 25.0 Å². The van der Waals surface area contributed by atoms with E-state index in [2.05, 4.69) is 5.32 Å². The Kier molecular flexibility index (Phi) is 9.04. The molecule has 2 aromatic carbocycles. The molecule has 2 aliphatic carbocycles. The summed E-state index contributed by atoms with van der Waals surface area (Å²) < 4.78 is 16.5. The molecule has 0 saturated heterocycles. The van der Waals surface area contributed by atoms with Gasteiger partial charge >= 0.3 is 17.9 Å². The van der Waals surface area contributed by atoms with E-state index in [1.807, 2.05) is 48.5 Å². The molecule has 1 N–H and O–H groups in total. The molecule has 0 aromatic heterocycles. The summed E-state index contributed by atoms with van der Waals surface area (Å²) in [6.07, 6.45) is 3.50. The number of fused-ring (bicyclic) bond motifs is 3. The Balaban J connectivity index is 1.43. The van der Waals surface area contributed by atoms with Crippen molar-refractivity contribution in [2.45, 2.75) is 89.4 Å². The van der Waals surface area contributed by atoms with Crippen molar-refractivity contribution < 1.29 is 33.4 Å². The van der Waals surface area contributed by atoms with Crippen molar-refractivity contribution >= 4 is 23.8 Å². The van der Waals surface area contributed by atoms with E-state index in [0.717, 1.165) is 54.4 Å². The van der Waals surface area contributed by atoms with Crippen molar-refractivity contribution in [1.82, 2.24) is 5.32 Å². The molecule has 1 saturated carbocycles. The van der Waals surface area contributed by atoms with Crippen molar-refractivity contribution in [3.63, 3.8) is 0 Å². The van der Waals surface area contributed by atoms with Gasteiger partial charge in [-0.05, 0) is 68.7 Å². The van der Waals surface area contributed by atoms with E-state index >= 15 is 0 Å². The number of hydrogen-bond donors (Lipinski definition) is 1. The normalized spacial score (nSPS) is 16.0. The number of benzene rings is 2. The molecule has 0 spiro atoms. The Morgan fingerprint density at radius 2 is 1.46 bits per heavy atom. The number of esters is 3. The Bertz CT molecular complexity index is 1160. The van der Waals surface area contributed by atoms with Gasteiger partial charge in [0.15, 0.2) is 0 Å². The maximum absolute atomic E-state index is 13.2. The zero-order valence-electron chi connectivity index (χ0n) is 22.9. The minimum absolute atomic E-state index is 0.0446. The molecule has 8 nitrogen and oxygen atoms in total. The lowest BCUT2D eigenvalue weighted by Crippen LogP contribution is -2.45. The van der Waals surface area contributed by atoms with E-state index in [9.17, 15) is 19.2 Å². The number of hydrogen-bond acceptors (Lipinski definition) is 7. The average Bonchev–Trinajstić information content (AvgIpc) is 3.20. The zero-order valence-corrected chi connectivity index (χ0v) is 22.9. The number of nitrogens with one attached hydrogen (secondary N) is 1. The summed E-state index contributed by atoms with van der Waals surface area (Å²) in [5.74, 6) is -2.97. The van der Waals surface area contributed by atoms with Crippen LogP contribution in [0.25, 0.3) is 11.1 Å². The van der Waals surface area contributed by atoms with Crippen LogP contribution in [-0.2, 0) is 33.4 Å². The van der Waals surface area contributed by atoms with Crippen LogP contribution < -0.4 is 5.32 Å². The fraction of sp³-hybridized carbons (Fsp3) is 0.484. The number of rotatable bonds is 9. The smallest absolute Gasteiger partial charge is 0.329 e. The monoisotopic (exact) mass is 535 g/mol. The maximum atomic E-state index is 13.2. The zero-order chi connectivity index (χ0) is 28.0. The molecule has 1 amide bonds. The van der Waals surface area contributed by atoms with Crippen LogP contribution in [0.1, 0.15) is 82.8 Å². The number of carbonyl (C=O) groups is 4. The summed E-state index contributed by atoms with van der Waals surface area (Å²) in [7, 11) is 0. The third kappa shape index (κ3) is 7.68. The maximum Gasteiger partial charge on any atom is 0.329 e.